The Bertz CT molecular complexity index is 1010. The van der Waals surface area contributed by atoms with Crippen molar-refractivity contribution in [3.8, 4) is 0 Å². The summed E-state index contributed by atoms with van der Waals surface area (Å²) in [5.41, 5.74) is 2.70. The molecule has 138 valence electrons. The highest BCUT2D eigenvalue weighted by Gasteiger charge is 2.20. The van der Waals surface area contributed by atoms with E-state index < -0.39 is 0 Å². The Labute approximate surface area is 165 Å². The summed E-state index contributed by atoms with van der Waals surface area (Å²) in [4.78, 5) is 35.0. The number of anilines is 1. The average molecular weight is 398 g/mol. The van der Waals surface area contributed by atoms with Crippen LogP contribution in [0.3, 0.4) is 0 Å². The number of aryl methyl sites for hydroxylation is 2. The van der Waals surface area contributed by atoms with Crippen molar-refractivity contribution >= 4 is 50.7 Å². The van der Waals surface area contributed by atoms with Crippen LogP contribution in [0, 0.1) is 0 Å². The lowest BCUT2D eigenvalue weighted by Gasteiger charge is -2.11. The molecule has 0 radical (unpaired) electrons. The lowest BCUT2D eigenvalue weighted by Crippen LogP contribution is -2.14. The first-order valence-corrected chi connectivity index (χ1v) is 10.7. The molecule has 7 heteroatoms. The molecule has 4 rings (SSSR count). The predicted octanol–water partition coefficient (Wildman–Crippen LogP) is 4.50. The number of aromatic nitrogens is 2. The van der Waals surface area contributed by atoms with Crippen LogP contribution in [-0.2, 0) is 17.6 Å². The van der Waals surface area contributed by atoms with Gasteiger partial charge in [-0.3, -0.25) is 9.59 Å². The van der Waals surface area contributed by atoms with Crippen LogP contribution in [0.1, 0.15) is 40.6 Å². The van der Waals surface area contributed by atoms with Gasteiger partial charge in [0.25, 0.3) is 0 Å². The number of carbonyl (C=O) groups is 2. The zero-order valence-electron chi connectivity index (χ0n) is 14.9. The van der Waals surface area contributed by atoms with Crippen LogP contribution in [0.25, 0.3) is 10.2 Å². The normalized spacial score (nSPS) is 13.4. The van der Waals surface area contributed by atoms with Crippen LogP contribution in [0.4, 0.5) is 5.69 Å². The molecule has 1 aliphatic carbocycles. The standard InChI is InChI=1S/C20H19N3O2S2/c1-12(24)13-6-8-14(9-7-13)23-17(25)10-26-19-18-15-4-2-3-5-16(15)27-20(18)22-11-21-19/h6-9,11H,2-5,10H2,1H3,(H,23,25). The number of Topliss-reactive ketones (excluding diaryl/α,β-unsaturated/α-hetero) is 1. The topological polar surface area (TPSA) is 72.0 Å². The summed E-state index contributed by atoms with van der Waals surface area (Å²) >= 11 is 3.21. The number of rotatable bonds is 5. The van der Waals surface area contributed by atoms with Gasteiger partial charge in [0, 0.05) is 21.5 Å². The fraction of sp³-hybridized carbons (Fsp3) is 0.300. The van der Waals surface area contributed by atoms with Gasteiger partial charge in [0.15, 0.2) is 5.78 Å². The summed E-state index contributed by atoms with van der Waals surface area (Å²) in [6, 6.07) is 6.93. The van der Waals surface area contributed by atoms with Crippen molar-refractivity contribution in [2.45, 2.75) is 37.6 Å². The third-order valence-electron chi connectivity index (χ3n) is 4.63. The zero-order chi connectivity index (χ0) is 18.8. The molecule has 27 heavy (non-hydrogen) atoms. The maximum atomic E-state index is 12.3. The SMILES string of the molecule is CC(=O)c1ccc(NC(=O)CSc2ncnc3sc4c(c23)CCCC4)cc1. The maximum Gasteiger partial charge on any atom is 0.234 e. The van der Waals surface area contributed by atoms with Gasteiger partial charge in [-0.25, -0.2) is 9.97 Å². The molecule has 0 unspecified atom stereocenters. The van der Waals surface area contributed by atoms with E-state index in [0.29, 0.717) is 11.3 Å². The summed E-state index contributed by atoms with van der Waals surface area (Å²) < 4.78 is 0. The van der Waals surface area contributed by atoms with Gasteiger partial charge in [-0.2, -0.15) is 0 Å². The Hall–Kier alpha value is -2.25. The Morgan fingerprint density at radius 2 is 1.93 bits per heavy atom. The summed E-state index contributed by atoms with van der Waals surface area (Å²) in [5.74, 6) is 0.201. The van der Waals surface area contributed by atoms with Gasteiger partial charge in [0.2, 0.25) is 5.91 Å². The first-order chi connectivity index (χ1) is 13.1. The van der Waals surface area contributed by atoms with Gasteiger partial charge >= 0.3 is 0 Å². The lowest BCUT2D eigenvalue weighted by molar-refractivity contribution is -0.113. The van der Waals surface area contributed by atoms with Gasteiger partial charge < -0.3 is 5.32 Å². The number of benzene rings is 1. The highest BCUT2D eigenvalue weighted by molar-refractivity contribution is 8.00. The van der Waals surface area contributed by atoms with Crippen LogP contribution in [-0.4, -0.2) is 27.4 Å². The fourth-order valence-corrected chi connectivity index (χ4v) is 5.41. The third kappa shape index (κ3) is 3.89. The van der Waals surface area contributed by atoms with E-state index in [1.165, 1.54) is 42.0 Å². The molecule has 0 saturated heterocycles. The Balaban J connectivity index is 1.46. The van der Waals surface area contributed by atoms with Crippen LogP contribution in [0.15, 0.2) is 35.6 Å². The number of ketones is 1. The van der Waals surface area contributed by atoms with Crippen LogP contribution >= 0.6 is 23.1 Å². The van der Waals surface area contributed by atoms with Crippen LogP contribution in [0.5, 0.6) is 0 Å². The van der Waals surface area contributed by atoms with Gasteiger partial charge in [0.1, 0.15) is 16.2 Å². The Morgan fingerprint density at radius 3 is 2.70 bits per heavy atom. The van der Waals surface area contributed by atoms with Gasteiger partial charge in [0.05, 0.1) is 5.75 Å². The van der Waals surface area contributed by atoms with Gasteiger partial charge in [-0.1, -0.05) is 11.8 Å². The molecule has 2 heterocycles. The number of amides is 1. The molecule has 0 spiro atoms. The minimum absolute atomic E-state index is 0.00954. The van der Waals surface area contributed by atoms with E-state index in [-0.39, 0.29) is 17.4 Å². The van der Waals surface area contributed by atoms with Crippen molar-refractivity contribution in [2.24, 2.45) is 0 Å². The van der Waals surface area contributed by atoms with Gasteiger partial charge in [-0.15, -0.1) is 11.3 Å². The molecular weight excluding hydrogens is 378 g/mol. The molecule has 0 fully saturated rings. The second kappa shape index (κ2) is 7.78. The van der Waals surface area contributed by atoms with E-state index in [2.05, 4.69) is 15.3 Å². The quantitative estimate of drug-likeness (QED) is 0.390. The van der Waals surface area contributed by atoms with E-state index in [4.69, 9.17) is 0 Å². The largest absolute Gasteiger partial charge is 0.325 e. The minimum Gasteiger partial charge on any atom is -0.325 e. The number of nitrogens with zero attached hydrogens (tertiary/aromatic N) is 2. The fourth-order valence-electron chi connectivity index (χ4n) is 3.29. The lowest BCUT2D eigenvalue weighted by atomic mass is 9.97. The third-order valence-corrected chi connectivity index (χ3v) is 6.82. The van der Waals surface area contributed by atoms with E-state index in [0.717, 1.165) is 28.1 Å². The van der Waals surface area contributed by atoms with Crippen molar-refractivity contribution in [3.05, 3.63) is 46.6 Å². The molecule has 0 saturated carbocycles. The molecule has 1 N–H and O–H groups in total. The average Bonchev–Trinajstić information content (AvgIpc) is 3.06. The van der Waals surface area contributed by atoms with E-state index >= 15 is 0 Å². The molecule has 1 aliphatic rings. The maximum absolute atomic E-state index is 12.3. The highest BCUT2D eigenvalue weighted by atomic mass is 32.2. The Kier molecular flexibility index (Phi) is 5.22. The smallest absolute Gasteiger partial charge is 0.234 e. The van der Waals surface area contributed by atoms with Crippen LogP contribution in [0.2, 0.25) is 0 Å². The molecule has 0 aliphatic heterocycles. The summed E-state index contributed by atoms with van der Waals surface area (Å²) in [7, 11) is 0. The van der Waals surface area contributed by atoms with E-state index in [9.17, 15) is 9.59 Å². The summed E-state index contributed by atoms with van der Waals surface area (Å²) in [6.45, 7) is 1.52. The summed E-state index contributed by atoms with van der Waals surface area (Å²) in [5, 5.41) is 4.90. The number of hydrogen-bond donors (Lipinski definition) is 1. The monoisotopic (exact) mass is 397 g/mol. The number of nitrogens with one attached hydrogen (secondary N) is 1. The molecule has 1 amide bonds. The molecule has 3 aromatic rings. The molecular formula is C20H19N3O2S2. The molecule has 1 aromatic carbocycles. The second-order valence-electron chi connectivity index (χ2n) is 6.54. The molecule has 0 bridgehead atoms. The number of carbonyl (C=O) groups excluding carboxylic acids is 2. The van der Waals surface area contributed by atoms with Crippen molar-refractivity contribution in [2.75, 3.05) is 11.1 Å². The minimum atomic E-state index is -0.0913. The number of hydrogen-bond acceptors (Lipinski definition) is 6. The van der Waals surface area contributed by atoms with Crippen molar-refractivity contribution in [1.82, 2.24) is 9.97 Å². The molecule has 2 aromatic heterocycles. The number of thioether (sulfide) groups is 1. The van der Waals surface area contributed by atoms with E-state index in [1.54, 1.807) is 41.9 Å². The zero-order valence-corrected chi connectivity index (χ0v) is 16.6. The van der Waals surface area contributed by atoms with Crippen molar-refractivity contribution < 1.29 is 9.59 Å². The van der Waals surface area contributed by atoms with Crippen molar-refractivity contribution in [1.29, 1.82) is 0 Å². The summed E-state index contributed by atoms with van der Waals surface area (Å²) in [6.07, 6.45) is 6.22. The Morgan fingerprint density at radius 1 is 1.15 bits per heavy atom. The van der Waals surface area contributed by atoms with Gasteiger partial charge in [-0.05, 0) is 62.4 Å². The highest BCUT2D eigenvalue weighted by Crippen LogP contribution is 2.39. The first kappa shape index (κ1) is 18.1. The second-order valence-corrected chi connectivity index (χ2v) is 8.59. The number of fused-ring (bicyclic) bond motifs is 3. The number of thiophene rings is 1. The molecule has 5 nitrogen and oxygen atoms in total. The van der Waals surface area contributed by atoms with Crippen LogP contribution < -0.4 is 5.32 Å². The van der Waals surface area contributed by atoms with E-state index in [1.807, 2.05) is 0 Å². The van der Waals surface area contributed by atoms with Crippen molar-refractivity contribution in [3.63, 3.8) is 0 Å². The predicted molar refractivity (Wildman–Crippen MR) is 110 cm³/mol. The molecule has 0 atom stereocenters. The first-order valence-electron chi connectivity index (χ1n) is 8.90.